The SMILES string of the molecule is Cc1cc(CNC(=O)c2ccc3cc(C(C)(C)C)ccc3n2)c(C)cn1. The molecule has 0 aliphatic rings. The predicted octanol–water partition coefficient (Wildman–Crippen LogP) is 4.47. The van der Waals surface area contributed by atoms with E-state index >= 15 is 0 Å². The Morgan fingerprint density at radius 1 is 1.08 bits per heavy atom. The summed E-state index contributed by atoms with van der Waals surface area (Å²) < 4.78 is 0. The van der Waals surface area contributed by atoms with Gasteiger partial charge in [-0.05, 0) is 60.2 Å². The van der Waals surface area contributed by atoms with Crippen molar-refractivity contribution >= 4 is 16.8 Å². The maximum atomic E-state index is 12.5. The first-order valence-corrected chi connectivity index (χ1v) is 8.85. The lowest BCUT2D eigenvalue weighted by molar-refractivity contribution is 0.0946. The van der Waals surface area contributed by atoms with Gasteiger partial charge < -0.3 is 5.32 Å². The zero-order chi connectivity index (χ0) is 18.9. The number of aryl methyl sites for hydroxylation is 2. The minimum atomic E-state index is -0.166. The summed E-state index contributed by atoms with van der Waals surface area (Å²) in [5, 5.41) is 4.00. The van der Waals surface area contributed by atoms with Gasteiger partial charge in [0.2, 0.25) is 0 Å². The molecule has 0 fully saturated rings. The largest absolute Gasteiger partial charge is 0.347 e. The van der Waals surface area contributed by atoms with Gasteiger partial charge in [0.05, 0.1) is 5.52 Å². The Bertz CT molecular complexity index is 971. The number of fused-ring (bicyclic) bond motifs is 1. The molecule has 0 saturated carbocycles. The van der Waals surface area contributed by atoms with E-state index in [-0.39, 0.29) is 11.3 Å². The molecule has 0 unspecified atom stereocenters. The van der Waals surface area contributed by atoms with Crippen molar-refractivity contribution in [1.29, 1.82) is 0 Å². The fourth-order valence-electron chi connectivity index (χ4n) is 2.86. The summed E-state index contributed by atoms with van der Waals surface area (Å²) in [4.78, 5) is 21.3. The van der Waals surface area contributed by atoms with Gasteiger partial charge in [0.1, 0.15) is 5.69 Å². The highest BCUT2D eigenvalue weighted by Gasteiger charge is 2.15. The Balaban J connectivity index is 1.79. The molecule has 1 aromatic carbocycles. The molecule has 0 radical (unpaired) electrons. The summed E-state index contributed by atoms with van der Waals surface area (Å²) in [6.07, 6.45) is 1.83. The van der Waals surface area contributed by atoms with Crippen molar-refractivity contribution in [3.63, 3.8) is 0 Å². The molecule has 0 saturated heterocycles. The van der Waals surface area contributed by atoms with Crippen LogP contribution >= 0.6 is 0 Å². The van der Waals surface area contributed by atoms with Gasteiger partial charge in [0.25, 0.3) is 5.91 Å². The molecule has 2 heterocycles. The summed E-state index contributed by atoms with van der Waals surface area (Å²) in [7, 11) is 0. The van der Waals surface area contributed by atoms with Gasteiger partial charge in [-0.1, -0.05) is 32.9 Å². The molecule has 1 N–H and O–H groups in total. The molecule has 0 aliphatic heterocycles. The normalized spacial score (nSPS) is 11.6. The van der Waals surface area contributed by atoms with Crippen molar-refractivity contribution in [2.45, 2.75) is 46.6 Å². The summed E-state index contributed by atoms with van der Waals surface area (Å²) in [5.74, 6) is -0.166. The molecule has 0 bridgehead atoms. The average molecular weight is 347 g/mol. The van der Waals surface area contributed by atoms with E-state index in [4.69, 9.17) is 0 Å². The number of hydrogen-bond acceptors (Lipinski definition) is 3. The van der Waals surface area contributed by atoms with Crippen molar-refractivity contribution in [2.75, 3.05) is 0 Å². The molecule has 0 spiro atoms. The van der Waals surface area contributed by atoms with Gasteiger partial charge in [-0.3, -0.25) is 9.78 Å². The first-order valence-electron chi connectivity index (χ1n) is 8.85. The molecule has 4 nitrogen and oxygen atoms in total. The summed E-state index contributed by atoms with van der Waals surface area (Å²) in [5.41, 5.74) is 5.69. The second-order valence-electron chi connectivity index (χ2n) is 7.79. The van der Waals surface area contributed by atoms with E-state index in [1.807, 2.05) is 38.2 Å². The average Bonchev–Trinajstić information content (AvgIpc) is 2.60. The van der Waals surface area contributed by atoms with Crippen molar-refractivity contribution in [3.05, 3.63) is 70.7 Å². The minimum Gasteiger partial charge on any atom is -0.347 e. The van der Waals surface area contributed by atoms with E-state index in [1.54, 1.807) is 6.07 Å². The number of pyridine rings is 2. The second-order valence-corrected chi connectivity index (χ2v) is 7.79. The first-order chi connectivity index (χ1) is 12.2. The molecule has 26 heavy (non-hydrogen) atoms. The Morgan fingerprint density at radius 2 is 1.85 bits per heavy atom. The summed E-state index contributed by atoms with van der Waals surface area (Å²) in [6, 6.07) is 12.0. The van der Waals surface area contributed by atoms with E-state index in [1.165, 1.54) is 5.56 Å². The van der Waals surface area contributed by atoms with Crippen LogP contribution in [0.1, 0.15) is 53.6 Å². The van der Waals surface area contributed by atoms with Crippen molar-refractivity contribution < 1.29 is 4.79 Å². The third-order valence-electron chi connectivity index (χ3n) is 4.58. The van der Waals surface area contributed by atoms with Crippen LogP contribution in [0.3, 0.4) is 0 Å². The fraction of sp³-hybridized carbons (Fsp3) is 0.318. The lowest BCUT2D eigenvalue weighted by atomic mass is 9.86. The van der Waals surface area contributed by atoms with E-state index in [0.29, 0.717) is 12.2 Å². The highest BCUT2D eigenvalue weighted by atomic mass is 16.1. The van der Waals surface area contributed by atoms with Crippen LogP contribution in [0.2, 0.25) is 0 Å². The number of benzene rings is 1. The van der Waals surface area contributed by atoms with Crippen molar-refractivity contribution in [3.8, 4) is 0 Å². The Hall–Kier alpha value is -2.75. The smallest absolute Gasteiger partial charge is 0.270 e. The topological polar surface area (TPSA) is 54.9 Å². The predicted molar refractivity (Wildman–Crippen MR) is 105 cm³/mol. The standard InChI is InChI=1S/C22H25N3O/c1-14-12-23-15(2)10-17(14)13-24-21(26)20-8-6-16-11-18(22(3,4)5)7-9-19(16)25-20/h6-12H,13H2,1-5H3,(H,24,26). The highest BCUT2D eigenvalue weighted by Crippen LogP contribution is 2.25. The van der Waals surface area contributed by atoms with E-state index in [0.717, 1.165) is 27.7 Å². The van der Waals surface area contributed by atoms with E-state index < -0.39 is 0 Å². The molecule has 3 rings (SSSR count). The molecular formula is C22H25N3O. The van der Waals surface area contributed by atoms with Crippen LogP contribution in [-0.2, 0) is 12.0 Å². The monoisotopic (exact) mass is 347 g/mol. The third-order valence-corrected chi connectivity index (χ3v) is 4.58. The van der Waals surface area contributed by atoms with Crippen LogP contribution < -0.4 is 5.32 Å². The second kappa shape index (κ2) is 6.87. The number of carbonyl (C=O) groups excluding carboxylic acids is 1. The Labute approximate surface area is 154 Å². The van der Waals surface area contributed by atoms with Crippen molar-refractivity contribution in [1.82, 2.24) is 15.3 Å². The number of nitrogens with zero attached hydrogens (tertiary/aromatic N) is 2. The zero-order valence-corrected chi connectivity index (χ0v) is 16.1. The fourth-order valence-corrected chi connectivity index (χ4v) is 2.86. The maximum absolute atomic E-state index is 12.5. The molecule has 1 amide bonds. The van der Waals surface area contributed by atoms with Crippen LogP contribution in [0.5, 0.6) is 0 Å². The van der Waals surface area contributed by atoms with Crippen LogP contribution in [0.4, 0.5) is 0 Å². The van der Waals surface area contributed by atoms with Crippen LogP contribution in [0.15, 0.2) is 42.6 Å². The summed E-state index contributed by atoms with van der Waals surface area (Å²) >= 11 is 0. The number of rotatable bonds is 3. The van der Waals surface area contributed by atoms with E-state index in [2.05, 4.69) is 48.2 Å². The Morgan fingerprint density at radius 3 is 2.58 bits per heavy atom. The van der Waals surface area contributed by atoms with Crippen molar-refractivity contribution in [2.24, 2.45) is 0 Å². The lowest BCUT2D eigenvalue weighted by Gasteiger charge is -2.19. The molecule has 4 heteroatoms. The third kappa shape index (κ3) is 3.90. The van der Waals surface area contributed by atoms with Gasteiger partial charge >= 0.3 is 0 Å². The number of aromatic nitrogens is 2. The Kier molecular flexibility index (Phi) is 4.77. The molecule has 3 aromatic rings. The lowest BCUT2D eigenvalue weighted by Crippen LogP contribution is -2.24. The van der Waals surface area contributed by atoms with E-state index in [9.17, 15) is 4.79 Å². The van der Waals surface area contributed by atoms with Gasteiger partial charge in [-0.15, -0.1) is 0 Å². The van der Waals surface area contributed by atoms with Gasteiger partial charge in [-0.2, -0.15) is 0 Å². The first kappa shape index (κ1) is 18.1. The molecule has 0 atom stereocenters. The molecule has 134 valence electrons. The van der Waals surface area contributed by atoms with Crippen LogP contribution in [0, 0.1) is 13.8 Å². The molecule has 0 aliphatic carbocycles. The van der Waals surface area contributed by atoms with Gasteiger partial charge in [0.15, 0.2) is 0 Å². The highest BCUT2D eigenvalue weighted by molar-refractivity contribution is 5.95. The van der Waals surface area contributed by atoms with Crippen LogP contribution in [-0.4, -0.2) is 15.9 Å². The van der Waals surface area contributed by atoms with Gasteiger partial charge in [-0.25, -0.2) is 4.98 Å². The van der Waals surface area contributed by atoms with Gasteiger partial charge in [0, 0.05) is 23.8 Å². The number of carbonyl (C=O) groups is 1. The number of hydrogen-bond donors (Lipinski definition) is 1. The molecule has 2 aromatic heterocycles. The zero-order valence-electron chi connectivity index (χ0n) is 16.1. The summed E-state index contributed by atoms with van der Waals surface area (Å²) in [6.45, 7) is 11.0. The number of amides is 1. The molecular weight excluding hydrogens is 322 g/mol. The minimum absolute atomic E-state index is 0.0881. The van der Waals surface area contributed by atoms with Crippen LogP contribution in [0.25, 0.3) is 10.9 Å². The maximum Gasteiger partial charge on any atom is 0.270 e. The number of nitrogens with one attached hydrogen (secondary N) is 1. The quantitative estimate of drug-likeness (QED) is 0.760.